The molecule has 0 bridgehead atoms. The first-order valence-corrected chi connectivity index (χ1v) is 7.24. The number of methoxy groups -OCH3 is 1. The summed E-state index contributed by atoms with van der Waals surface area (Å²) in [5.74, 6) is 1.04. The van der Waals surface area contributed by atoms with Crippen molar-refractivity contribution in [1.82, 2.24) is 9.88 Å². The number of likely N-dealkylation sites (N-methyl/N-ethyl adjacent to an activating group) is 1. The summed E-state index contributed by atoms with van der Waals surface area (Å²) in [6.07, 6.45) is 0. The van der Waals surface area contributed by atoms with Crippen molar-refractivity contribution in [3.63, 3.8) is 0 Å². The molecule has 0 unspecified atom stereocenters. The Hall–Kier alpha value is -2.78. The van der Waals surface area contributed by atoms with Crippen LogP contribution in [0.2, 0.25) is 0 Å². The first-order valence-electron chi connectivity index (χ1n) is 7.24. The molecule has 1 aromatic carbocycles. The van der Waals surface area contributed by atoms with E-state index in [-0.39, 0.29) is 12.5 Å². The first kappa shape index (κ1) is 16.6. The van der Waals surface area contributed by atoms with Crippen LogP contribution in [0.3, 0.4) is 0 Å². The normalized spacial score (nSPS) is 10.2. The lowest BCUT2D eigenvalue weighted by Gasteiger charge is -2.13. The Kier molecular flexibility index (Phi) is 5.04. The average Bonchev–Trinajstić information content (AvgIpc) is 2.78. The van der Waals surface area contributed by atoms with Gasteiger partial charge >= 0.3 is 0 Å². The molecule has 0 aliphatic carbocycles. The minimum absolute atomic E-state index is 0.177. The number of benzene rings is 1. The van der Waals surface area contributed by atoms with Crippen molar-refractivity contribution in [2.24, 2.45) is 0 Å². The van der Waals surface area contributed by atoms with Gasteiger partial charge in [0.15, 0.2) is 0 Å². The summed E-state index contributed by atoms with van der Waals surface area (Å²) >= 11 is 0. The van der Waals surface area contributed by atoms with E-state index in [2.05, 4.69) is 16.7 Å². The number of carbonyl (C=O) groups excluding carboxylic acids is 1. The first-order chi connectivity index (χ1) is 11.0. The lowest BCUT2D eigenvalue weighted by atomic mass is 10.2. The third-order valence-electron chi connectivity index (χ3n) is 3.75. The third-order valence-corrected chi connectivity index (χ3v) is 3.75. The Bertz CT molecular complexity index is 754. The van der Waals surface area contributed by atoms with Crippen LogP contribution in [-0.4, -0.2) is 31.2 Å². The van der Waals surface area contributed by atoms with Crippen molar-refractivity contribution in [2.75, 3.05) is 26.0 Å². The summed E-state index contributed by atoms with van der Waals surface area (Å²) in [7, 11) is 3.31. The molecule has 120 valence electrons. The number of rotatable bonds is 5. The summed E-state index contributed by atoms with van der Waals surface area (Å²) < 4.78 is 7.05. The number of carbonyl (C=O) groups is 1. The molecule has 0 radical (unpaired) electrons. The fraction of sp³-hybridized carbons (Fsp3) is 0.294. The molecule has 6 heteroatoms. The molecule has 1 heterocycles. The van der Waals surface area contributed by atoms with E-state index in [4.69, 9.17) is 4.74 Å². The fourth-order valence-electron chi connectivity index (χ4n) is 2.45. The zero-order chi connectivity index (χ0) is 17.0. The SMILES string of the molecule is CNCC(=O)Nc1c(C#N)c(C)c(C)n1-c1ccc(OC)cc1. The van der Waals surface area contributed by atoms with Gasteiger partial charge in [-0.25, -0.2) is 0 Å². The quantitative estimate of drug-likeness (QED) is 0.886. The molecular formula is C17H20N4O2. The monoisotopic (exact) mass is 312 g/mol. The van der Waals surface area contributed by atoms with E-state index in [1.807, 2.05) is 42.7 Å². The molecule has 0 fully saturated rings. The summed E-state index contributed by atoms with van der Waals surface area (Å²) in [6.45, 7) is 3.98. The molecule has 2 rings (SSSR count). The number of hydrogen-bond donors (Lipinski definition) is 2. The van der Waals surface area contributed by atoms with Crippen LogP contribution in [-0.2, 0) is 4.79 Å². The Balaban J connectivity index is 2.56. The standard InChI is InChI=1S/C17H20N4O2/c1-11-12(2)21(13-5-7-14(23-4)8-6-13)17(15(11)9-18)20-16(22)10-19-3/h5-8,19H,10H2,1-4H3,(H,20,22). The molecule has 0 aliphatic heterocycles. The number of aromatic nitrogens is 1. The lowest BCUT2D eigenvalue weighted by molar-refractivity contribution is -0.115. The van der Waals surface area contributed by atoms with Crippen molar-refractivity contribution in [1.29, 1.82) is 5.26 Å². The molecular weight excluding hydrogens is 292 g/mol. The van der Waals surface area contributed by atoms with Crippen LogP contribution >= 0.6 is 0 Å². The molecule has 0 saturated heterocycles. The van der Waals surface area contributed by atoms with Crippen molar-refractivity contribution in [2.45, 2.75) is 13.8 Å². The number of amides is 1. The Morgan fingerprint density at radius 2 is 1.96 bits per heavy atom. The number of nitrogens with one attached hydrogen (secondary N) is 2. The van der Waals surface area contributed by atoms with E-state index in [0.717, 1.165) is 22.7 Å². The maximum atomic E-state index is 12.0. The van der Waals surface area contributed by atoms with E-state index >= 15 is 0 Å². The van der Waals surface area contributed by atoms with Gasteiger partial charge in [0.05, 0.1) is 19.2 Å². The molecule has 0 saturated carbocycles. The minimum Gasteiger partial charge on any atom is -0.497 e. The second kappa shape index (κ2) is 6.99. The van der Waals surface area contributed by atoms with Crippen LogP contribution in [0.15, 0.2) is 24.3 Å². The maximum Gasteiger partial charge on any atom is 0.239 e. The zero-order valence-corrected chi connectivity index (χ0v) is 13.7. The highest BCUT2D eigenvalue weighted by atomic mass is 16.5. The van der Waals surface area contributed by atoms with Gasteiger partial charge in [0.1, 0.15) is 17.6 Å². The van der Waals surface area contributed by atoms with Gasteiger partial charge in [0.25, 0.3) is 0 Å². The predicted molar refractivity (Wildman–Crippen MR) is 89.1 cm³/mol. The zero-order valence-electron chi connectivity index (χ0n) is 13.7. The second-order valence-corrected chi connectivity index (χ2v) is 5.16. The summed E-state index contributed by atoms with van der Waals surface area (Å²) in [4.78, 5) is 12.0. The molecule has 23 heavy (non-hydrogen) atoms. The van der Waals surface area contributed by atoms with E-state index in [9.17, 15) is 10.1 Å². The number of anilines is 1. The number of hydrogen-bond acceptors (Lipinski definition) is 4. The second-order valence-electron chi connectivity index (χ2n) is 5.16. The molecule has 0 aliphatic rings. The van der Waals surface area contributed by atoms with E-state index in [1.54, 1.807) is 14.2 Å². The average molecular weight is 312 g/mol. The van der Waals surface area contributed by atoms with Gasteiger partial charge in [0.2, 0.25) is 5.91 Å². The summed E-state index contributed by atoms with van der Waals surface area (Å²) in [5, 5.41) is 15.1. The molecule has 1 aromatic heterocycles. The molecule has 0 atom stereocenters. The van der Waals surface area contributed by atoms with Gasteiger partial charge in [0, 0.05) is 11.4 Å². The molecule has 2 aromatic rings. The van der Waals surface area contributed by atoms with Crippen LogP contribution in [0.1, 0.15) is 16.8 Å². The highest BCUT2D eigenvalue weighted by molar-refractivity contribution is 5.93. The van der Waals surface area contributed by atoms with Gasteiger partial charge in [-0.1, -0.05) is 0 Å². The largest absolute Gasteiger partial charge is 0.497 e. The molecule has 1 amide bonds. The number of ether oxygens (including phenoxy) is 1. The Morgan fingerprint density at radius 1 is 1.30 bits per heavy atom. The predicted octanol–water partition coefficient (Wildman–Crippen LogP) is 2.13. The Labute approximate surface area is 135 Å². The van der Waals surface area contributed by atoms with Crippen LogP contribution in [0.4, 0.5) is 5.82 Å². The lowest BCUT2D eigenvalue weighted by Crippen LogP contribution is -2.26. The van der Waals surface area contributed by atoms with Crippen LogP contribution in [0.25, 0.3) is 5.69 Å². The van der Waals surface area contributed by atoms with E-state index in [1.165, 1.54) is 0 Å². The molecule has 2 N–H and O–H groups in total. The van der Waals surface area contributed by atoms with E-state index in [0.29, 0.717) is 11.4 Å². The van der Waals surface area contributed by atoms with Crippen LogP contribution in [0, 0.1) is 25.2 Å². The maximum absolute atomic E-state index is 12.0. The van der Waals surface area contributed by atoms with Gasteiger partial charge in [-0.15, -0.1) is 0 Å². The van der Waals surface area contributed by atoms with Crippen molar-refractivity contribution in [3.8, 4) is 17.5 Å². The molecule has 0 spiro atoms. The van der Waals surface area contributed by atoms with Gasteiger partial charge in [-0.05, 0) is 50.7 Å². The summed E-state index contributed by atoms with van der Waals surface area (Å²) in [6, 6.07) is 9.65. The number of nitriles is 1. The third kappa shape index (κ3) is 3.20. The Morgan fingerprint density at radius 3 is 2.48 bits per heavy atom. The highest BCUT2D eigenvalue weighted by Crippen LogP contribution is 2.30. The van der Waals surface area contributed by atoms with Crippen molar-refractivity contribution >= 4 is 11.7 Å². The minimum atomic E-state index is -0.198. The smallest absolute Gasteiger partial charge is 0.239 e. The number of nitrogens with zero attached hydrogens (tertiary/aromatic N) is 2. The van der Waals surface area contributed by atoms with E-state index < -0.39 is 0 Å². The van der Waals surface area contributed by atoms with Crippen LogP contribution < -0.4 is 15.4 Å². The highest BCUT2D eigenvalue weighted by Gasteiger charge is 2.20. The molecule has 6 nitrogen and oxygen atoms in total. The van der Waals surface area contributed by atoms with Gasteiger partial charge < -0.3 is 15.4 Å². The fourth-order valence-corrected chi connectivity index (χ4v) is 2.45. The van der Waals surface area contributed by atoms with Crippen molar-refractivity contribution < 1.29 is 9.53 Å². The van der Waals surface area contributed by atoms with Gasteiger partial charge in [-0.2, -0.15) is 5.26 Å². The van der Waals surface area contributed by atoms with Gasteiger partial charge in [-0.3, -0.25) is 9.36 Å². The van der Waals surface area contributed by atoms with Crippen molar-refractivity contribution in [3.05, 3.63) is 41.1 Å². The van der Waals surface area contributed by atoms with Crippen LogP contribution in [0.5, 0.6) is 5.75 Å². The topological polar surface area (TPSA) is 79.1 Å². The summed E-state index contributed by atoms with van der Waals surface area (Å²) in [5.41, 5.74) is 3.09.